The van der Waals surface area contributed by atoms with Crippen molar-refractivity contribution in [1.82, 2.24) is 10.0 Å². The van der Waals surface area contributed by atoms with E-state index in [0.717, 1.165) is 35.8 Å². The minimum Gasteiger partial charge on any atom is -0.313 e. The molecule has 0 amide bonds. The predicted molar refractivity (Wildman–Crippen MR) is 85.1 cm³/mol. The summed E-state index contributed by atoms with van der Waals surface area (Å²) in [5, 5.41) is 3.27. The molecule has 2 rings (SSSR count). The van der Waals surface area contributed by atoms with E-state index in [1.54, 1.807) is 0 Å². The largest absolute Gasteiger partial charge is 0.313 e. The van der Waals surface area contributed by atoms with Gasteiger partial charge < -0.3 is 5.32 Å². The molecule has 1 aliphatic rings. The second-order valence-corrected chi connectivity index (χ2v) is 8.04. The fourth-order valence-corrected chi connectivity index (χ4v) is 4.49. The Balaban J connectivity index is 1.96. The first-order valence-corrected chi connectivity index (χ1v) is 9.40. The monoisotopic (exact) mass is 360 g/mol. The summed E-state index contributed by atoms with van der Waals surface area (Å²) in [7, 11) is -3.27. The zero-order valence-electron chi connectivity index (χ0n) is 11.6. The summed E-state index contributed by atoms with van der Waals surface area (Å²) in [4.78, 5) is 0. The van der Waals surface area contributed by atoms with Gasteiger partial charge >= 0.3 is 0 Å². The fraction of sp³-hybridized carbons (Fsp3) is 0.571. The van der Waals surface area contributed by atoms with E-state index in [1.165, 1.54) is 0 Å². The lowest BCUT2D eigenvalue weighted by atomic mass is 10.1. The van der Waals surface area contributed by atoms with E-state index in [4.69, 9.17) is 0 Å². The first-order valence-electron chi connectivity index (χ1n) is 6.95. The molecule has 2 unspecified atom stereocenters. The van der Waals surface area contributed by atoms with E-state index in [9.17, 15) is 8.42 Å². The predicted octanol–water partition coefficient (Wildman–Crippen LogP) is 2.57. The molecule has 0 aromatic heterocycles. The van der Waals surface area contributed by atoms with Crippen molar-refractivity contribution >= 4 is 26.0 Å². The van der Waals surface area contributed by atoms with Crippen LogP contribution in [0.1, 0.15) is 37.8 Å². The molecule has 2 N–H and O–H groups in total. The number of sulfonamides is 1. The molecule has 2 atom stereocenters. The molecule has 20 heavy (non-hydrogen) atoms. The van der Waals surface area contributed by atoms with Gasteiger partial charge in [0.05, 0.1) is 5.75 Å². The van der Waals surface area contributed by atoms with Crippen molar-refractivity contribution in [2.24, 2.45) is 0 Å². The molecule has 0 radical (unpaired) electrons. The van der Waals surface area contributed by atoms with Gasteiger partial charge in [0, 0.05) is 16.6 Å². The molecule has 0 spiro atoms. The third-order valence-corrected chi connectivity index (χ3v) is 5.59. The molecule has 1 aliphatic heterocycles. The maximum atomic E-state index is 12.2. The van der Waals surface area contributed by atoms with Crippen LogP contribution >= 0.6 is 15.9 Å². The molecule has 1 aromatic carbocycles. The standard InChI is InChI=1S/C14H21BrN2O2S/c1-11(12-5-4-6-13(15)9-12)17-20(18,19)10-14-7-2-3-8-16-14/h4-6,9,11,14,16-17H,2-3,7-8,10H2,1H3. The van der Waals surface area contributed by atoms with Crippen molar-refractivity contribution in [2.75, 3.05) is 12.3 Å². The number of hydrogen-bond acceptors (Lipinski definition) is 3. The molecular formula is C14H21BrN2O2S. The van der Waals surface area contributed by atoms with Gasteiger partial charge in [-0.1, -0.05) is 34.5 Å². The Kier molecular flexibility index (Phi) is 5.60. The average Bonchev–Trinajstić information content (AvgIpc) is 2.38. The number of benzene rings is 1. The number of halogens is 1. The summed E-state index contributed by atoms with van der Waals surface area (Å²) in [5.41, 5.74) is 0.958. The van der Waals surface area contributed by atoms with Crippen molar-refractivity contribution in [2.45, 2.75) is 38.3 Å². The van der Waals surface area contributed by atoms with E-state index in [1.807, 2.05) is 31.2 Å². The van der Waals surface area contributed by atoms with Gasteiger partial charge in [-0.2, -0.15) is 0 Å². The highest BCUT2D eigenvalue weighted by Gasteiger charge is 2.22. The Morgan fingerprint density at radius 3 is 2.90 bits per heavy atom. The van der Waals surface area contributed by atoms with Gasteiger partial charge in [0.2, 0.25) is 10.0 Å². The lowest BCUT2D eigenvalue weighted by molar-refractivity contribution is 0.421. The molecule has 1 aromatic rings. The molecule has 1 fully saturated rings. The van der Waals surface area contributed by atoms with Crippen LogP contribution in [0.2, 0.25) is 0 Å². The van der Waals surface area contributed by atoms with Gasteiger partial charge in [0.15, 0.2) is 0 Å². The Hall–Kier alpha value is -0.430. The summed E-state index contributed by atoms with van der Waals surface area (Å²) in [5.74, 6) is 0.158. The SMILES string of the molecule is CC(NS(=O)(=O)CC1CCCCN1)c1cccc(Br)c1. The Bertz CT molecular complexity index is 542. The minimum absolute atomic E-state index is 0.0796. The highest BCUT2D eigenvalue weighted by molar-refractivity contribution is 9.10. The normalized spacial score (nSPS) is 21.6. The lowest BCUT2D eigenvalue weighted by Gasteiger charge is -2.24. The third-order valence-electron chi connectivity index (χ3n) is 3.54. The minimum atomic E-state index is -3.27. The number of hydrogen-bond donors (Lipinski definition) is 2. The van der Waals surface area contributed by atoms with Gasteiger partial charge in [0.1, 0.15) is 0 Å². The summed E-state index contributed by atoms with van der Waals surface area (Å²) >= 11 is 3.40. The van der Waals surface area contributed by atoms with E-state index in [-0.39, 0.29) is 17.8 Å². The lowest BCUT2D eigenvalue weighted by Crippen LogP contribution is -2.43. The zero-order chi connectivity index (χ0) is 14.6. The van der Waals surface area contributed by atoms with Crippen molar-refractivity contribution in [3.8, 4) is 0 Å². The summed E-state index contributed by atoms with van der Waals surface area (Å²) in [6.45, 7) is 2.79. The van der Waals surface area contributed by atoms with Crippen molar-refractivity contribution < 1.29 is 8.42 Å². The first kappa shape index (κ1) is 15.9. The second-order valence-electron chi connectivity index (χ2n) is 5.32. The van der Waals surface area contributed by atoms with Crippen LogP contribution in [0.3, 0.4) is 0 Å². The number of piperidine rings is 1. The van der Waals surface area contributed by atoms with Crippen LogP contribution in [0.15, 0.2) is 28.7 Å². The van der Waals surface area contributed by atoms with Gasteiger partial charge in [-0.3, -0.25) is 0 Å². The quantitative estimate of drug-likeness (QED) is 0.848. The van der Waals surface area contributed by atoms with Crippen LogP contribution in [-0.4, -0.2) is 26.8 Å². The Labute approximate surface area is 129 Å². The van der Waals surface area contributed by atoms with Gasteiger partial charge in [-0.15, -0.1) is 0 Å². The van der Waals surface area contributed by atoms with Crippen LogP contribution in [0.5, 0.6) is 0 Å². The van der Waals surface area contributed by atoms with Crippen LogP contribution in [-0.2, 0) is 10.0 Å². The maximum absolute atomic E-state index is 12.2. The molecule has 112 valence electrons. The van der Waals surface area contributed by atoms with Crippen molar-refractivity contribution in [1.29, 1.82) is 0 Å². The van der Waals surface area contributed by atoms with E-state index in [2.05, 4.69) is 26.0 Å². The zero-order valence-corrected chi connectivity index (χ0v) is 14.0. The van der Waals surface area contributed by atoms with Gasteiger partial charge in [-0.25, -0.2) is 13.1 Å². The molecule has 4 nitrogen and oxygen atoms in total. The molecule has 1 saturated heterocycles. The highest BCUT2D eigenvalue weighted by Crippen LogP contribution is 2.19. The fourth-order valence-electron chi connectivity index (χ4n) is 2.49. The van der Waals surface area contributed by atoms with Gasteiger partial charge in [0.25, 0.3) is 0 Å². The van der Waals surface area contributed by atoms with Crippen LogP contribution in [0.4, 0.5) is 0 Å². The molecule has 0 saturated carbocycles. The number of rotatable bonds is 5. The topological polar surface area (TPSA) is 58.2 Å². The highest BCUT2D eigenvalue weighted by atomic mass is 79.9. The molecule has 0 aliphatic carbocycles. The van der Waals surface area contributed by atoms with E-state index in [0.29, 0.717) is 0 Å². The average molecular weight is 361 g/mol. The molecule has 0 bridgehead atoms. The molecule has 6 heteroatoms. The van der Waals surface area contributed by atoms with Crippen LogP contribution in [0, 0.1) is 0 Å². The van der Waals surface area contributed by atoms with Crippen molar-refractivity contribution in [3.63, 3.8) is 0 Å². The Morgan fingerprint density at radius 2 is 2.25 bits per heavy atom. The summed E-state index contributed by atoms with van der Waals surface area (Å²) in [6.07, 6.45) is 3.18. The number of nitrogens with one attached hydrogen (secondary N) is 2. The van der Waals surface area contributed by atoms with Crippen molar-refractivity contribution in [3.05, 3.63) is 34.3 Å². The second kappa shape index (κ2) is 7.02. The Morgan fingerprint density at radius 1 is 1.45 bits per heavy atom. The summed E-state index contributed by atoms with van der Waals surface area (Å²) in [6, 6.07) is 7.56. The first-order chi connectivity index (χ1) is 9.46. The third kappa shape index (κ3) is 4.84. The van der Waals surface area contributed by atoms with E-state index >= 15 is 0 Å². The maximum Gasteiger partial charge on any atom is 0.213 e. The van der Waals surface area contributed by atoms with Crippen LogP contribution in [0.25, 0.3) is 0 Å². The molecule has 1 heterocycles. The smallest absolute Gasteiger partial charge is 0.213 e. The van der Waals surface area contributed by atoms with Gasteiger partial charge in [-0.05, 0) is 44.0 Å². The molecular weight excluding hydrogens is 340 g/mol. The van der Waals surface area contributed by atoms with Crippen LogP contribution < -0.4 is 10.0 Å². The summed E-state index contributed by atoms with van der Waals surface area (Å²) < 4.78 is 28.1. The van der Waals surface area contributed by atoms with E-state index < -0.39 is 10.0 Å².